The van der Waals surface area contributed by atoms with Gasteiger partial charge >= 0.3 is 25.7 Å². The van der Waals surface area contributed by atoms with Crippen molar-refractivity contribution in [2.45, 2.75) is 45.6 Å². The lowest BCUT2D eigenvalue weighted by Crippen LogP contribution is -2.29. The van der Waals surface area contributed by atoms with Crippen LogP contribution in [0.3, 0.4) is 0 Å². The first kappa shape index (κ1) is 26.5. The summed E-state index contributed by atoms with van der Waals surface area (Å²) in [6, 6.07) is 0. The number of phosphoric acid groups is 1. The van der Waals surface area contributed by atoms with Crippen LogP contribution in [0.15, 0.2) is 0 Å². The Morgan fingerprint density at radius 3 is 2.18 bits per heavy atom. The summed E-state index contributed by atoms with van der Waals surface area (Å²) in [6.07, 6.45) is -0.713. The average Bonchev–Trinajstić information content (AvgIpc) is 2.67. The van der Waals surface area contributed by atoms with Crippen molar-refractivity contribution >= 4 is 25.7 Å². The van der Waals surface area contributed by atoms with Crippen LogP contribution >= 0.6 is 7.82 Å². The highest BCUT2D eigenvalue weighted by Gasteiger charge is 2.25. The van der Waals surface area contributed by atoms with Gasteiger partial charge in [-0.3, -0.25) is 23.4 Å². The molecule has 0 saturated carbocycles. The number of carbonyl (C=O) groups excluding carboxylic acids is 3. The predicted octanol–water partition coefficient (Wildman–Crippen LogP) is 1.36. The zero-order valence-corrected chi connectivity index (χ0v) is 17.3. The zero-order valence-electron chi connectivity index (χ0n) is 16.4. The second-order valence-electron chi connectivity index (χ2n) is 5.42. The van der Waals surface area contributed by atoms with E-state index in [2.05, 4.69) is 0 Å². The van der Waals surface area contributed by atoms with Crippen LogP contribution in [0.5, 0.6) is 0 Å². The van der Waals surface area contributed by atoms with E-state index >= 15 is 0 Å². The maximum atomic E-state index is 11.9. The first-order valence-corrected chi connectivity index (χ1v) is 10.3. The summed E-state index contributed by atoms with van der Waals surface area (Å²) in [6.45, 7) is 2.52. The van der Waals surface area contributed by atoms with Gasteiger partial charge in [0.25, 0.3) is 0 Å². The quantitative estimate of drug-likeness (QED) is 0.165. The molecule has 0 rings (SSSR count). The Morgan fingerprint density at radius 2 is 1.57 bits per heavy atom. The fraction of sp³-hybridized carbons (Fsp3) is 0.812. The van der Waals surface area contributed by atoms with E-state index in [0.29, 0.717) is 0 Å². The first-order chi connectivity index (χ1) is 13.2. The number of carbonyl (C=O) groups is 3. The third kappa shape index (κ3) is 14.5. The van der Waals surface area contributed by atoms with E-state index in [1.807, 2.05) is 0 Å². The normalized spacial score (nSPS) is 14.0. The molecule has 0 aromatic rings. The molecule has 0 saturated heterocycles. The van der Waals surface area contributed by atoms with Gasteiger partial charge in [-0.05, 0) is 6.42 Å². The number of ether oxygens (including phenoxy) is 4. The summed E-state index contributed by atoms with van der Waals surface area (Å²) in [5.74, 6) is -1.58. The van der Waals surface area contributed by atoms with Crippen LogP contribution in [0, 0.1) is 0 Å². The number of hydrogen-bond donors (Lipinski definition) is 1. The lowest BCUT2D eigenvalue weighted by atomic mass is 10.3. The molecular weight excluding hydrogens is 399 g/mol. The van der Waals surface area contributed by atoms with Crippen molar-refractivity contribution in [3.8, 4) is 0 Å². The van der Waals surface area contributed by atoms with Gasteiger partial charge in [0.15, 0.2) is 6.10 Å². The van der Waals surface area contributed by atoms with Crippen LogP contribution in [-0.4, -0.2) is 69.0 Å². The Balaban J connectivity index is 4.26. The van der Waals surface area contributed by atoms with E-state index in [1.165, 1.54) is 7.11 Å². The lowest BCUT2D eigenvalue weighted by Gasteiger charge is -2.19. The highest BCUT2D eigenvalue weighted by Crippen LogP contribution is 2.43. The summed E-state index contributed by atoms with van der Waals surface area (Å²) >= 11 is 0. The molecule has 28 heavy (non-hydrogen) atoms. The van der Waals surface area contributed by atoms with Gasteiger partial charge in [0.1, 0.15) is 13.2 Å². The van der Waals surface area contributed by atoms with Gasteiger partial charge < -0.3 is 23.8 Å². The smallest absolute Gasteiger partial charge is 0.463 e. The number of hydrogen-bond acceptors (Lipinski definition) is 10. The third-order valence-corrected chi connectivity index (χ3v) is 4.04. The molecule has 11 nitrogen and oxygen atoms in total. The molecule has 0 aromatic heterocycles. The molecule has 0 aliphatic rings. The summed E-state index contributed by atoms with van der Waals surface area (Å²) < 4.78 is 40.8. The standard InChI is InChI=1S/C16H29O11P/c1-4-14(17)24-11-13(27-15(18)5-2)12-26-28(20,21)25-8-6-7-16(19)23-10-9-22-3/h13H,4-12H2,1-3H3,(H,20,21). The predicted molar refractivity (Wildman–Crippen MR) is 95.2 cm³/mol. The summed E-state index contributed by atoms with van der Waals surface area (Å²) in [5, 5.41) is 0. The van der Waals surface area contributed by atoms with Crippen molar-refractivity contribution in [2.24, 2.45) is 0 Å². The van der Waals surface area contributed by atoms with Gasteiger partial charge in [-0.1, -0.05) is 13.8 Å². The first-order valence-electron chi connectivity index (χ1n) is 8.85. The fourth-order valence-electron chi connectivity index (χ4n) is 1.60. The van der Waals surface area contributed by atoms with E-state index in [4.69, 9.17) is 28.0 Å². The molecule has 0 aliphatic heterocycles. The number of methoxy groups -OCH3 is 1. The van der Waals surface area contributed by atoms with E-state index < -0.39 is 38.4 Å². The SMILES string of the molecule is CCC(=O)OCC(COP(=O)(O)OCCCC(=O)OCCOC)OC(=O)CC. The Hall–Kier alpha value is -1.52. The van der Waals surface area contributed by atoms with E-state index in [9.17, 15) is 23.8 Å². The molecule has 0 fully saturated rings. The monoisotopic (exact) mass is 428 g/mol. The Morgan fingerprint density at radius 1 is 0.893 bits per heavy atom. The van der Waals surface area contributed by atoms with Crippen LogP contribution in [0.25, 0.3) is 0 Å². The van der Waals surface area contributed by atoms with Crippen LogP contribution in [0.2, 0.25) is 0 Å². The zero-order chi connectivity index (χ0) is 21.4. The molecule has 164 valence electrons. The second kappa shape index (κ2) is 15.4. The van der Waals surface area contributed by atoms with E-state index in [0.717, 1.165) is 0 Å². The van der Waals surface area contributed by atoms with Gasteiger partial charge in [0, 0.05) is 26.4 Å². The molecule has 0 aliphatic carbocycles. The van der Waals surface area contributed by atoms with Gasteiger partial charge in [0.2, 0.25) is 0 Å². The summed E-state index contributed by atoms with van der Waals surface area (Å²) in [4.78, 5) is 43.6. The van der Waals surface area contributed by atoms with Gasteiger partial charge in [0.05, 0.1) is 19.8 Å². The maximum absolute atomic E-state index is 11.9. The molecule has 1 N–H and O–H groups in total. The molecular formula is C16H29O11P. The Kier molecular flexibility index (Phi) is 14.6. The molecule has 0 spiro atoms. The minimum atomic E-state index is -4.44. The Bertz CT molecular complexity index is 523. The molecule has 0 heterocycles. The second-order valence-corrected chi connectivity index (χ2v) is 6.87. The van der Waals surface area contributed by atoms with Gasteiger partial charge in [-0.25, -0.2) is 4.57 Å². The highest BCUT2D eigenvalue weighted by molar-refractivity contribution is 7.47. The Labute approximate surface area is 164 Å². The minimum Gasteiger partial charge on any atom is -0.463 e. The maximum Gasteiger partial charge on any atom is 0.472 e. The molecule has 2 unspecified atom stereocenters. The lowest BCUT2D eigenvalue weighted by molar-refractivity contribution is -0.160. The molecule has 2 atom stereocenters. The highest BCUT2D eigenvalue weighted by atomic mass is 31.2. The van der Waals surface area contributed by atoms with Crippen molar-refractivity contribution in [3.63, 3.8) is 0 Å². The fourth-order valence-corrected chi connectivity index (χ4v) is 2.38. The van der Waals surface area contributed by atoms with E-state index in [1.54, 1.807) is 13.8 Å². The summed E-state index contributed by atoms with van der Waals surface area (Å²) in [7, 11) is -2.97. The number of rotatable bonds is 16. The van der Waals surface area contributed by atoms with Crippen molar-refractivity contribution < 1.29 is 51.8 Å². The summed E-state index contributed by atoms with van der Waals surface area (Å²) in [5.41, 5.74) is 0. The topological polar surface area (TPSA) is 144 Å². The molecule has 0 amide bonds. The molecule has 0 bridgehead atoms. The van der Waals surface area contributed by atoms with Crippen LogP contribution in [0.1, 0.15) is 39.5 Å². The minimum absolute atomic E-state index is 0.00653. The van der Waals surface area contributed by atoms with E-state index in [-0.39, 0.29) is 52.1 Å². The largest absolute Gasteiger partial charge is 0.472 e. The van der Waals surface area contributed by atoms with Crippen molar-refractivity contribution in [2.75, 3.05) is 40.1 Å². The molecule has 0 radical (unpaired) electrons. The average molecular weight is 428 g/mol. The molecule has 12 heteroatoms. The number of phosphoric ester groups is 1. The van der Waals surface area contributed by atoms with Crippen molar-refractivity contribution in [1.82, 2.24) is 0 Å². The van der Waals surface area contributed by atoms with Crippen LogP contribution < -0.4 is 0 Å². The molecule has 0 aromatic carbocycles. The number of esters is 3. The van der Waals surface area contributed by atoms with Gasteiger partial charge in [-0.15, -0.1) is 0 Å². The van der Waals surface area contributed by atoms with Crippen LogP contribution in [-0.2, 0) is 46.9 Å². The van der Waals surface area contributed by atoms with Crippen molar-refractivity contribution in [1.29, 1.82) is 0 Å². The van der Waals surface area contributed by atoms with Gasteiger partial charge in [-0.2, -0.15) is 0 Å². The van der Waals surface area contributed by atoms with Crippen LogP contribution in [0.4, 0.5) is 0 Å². The van der Waals surface area contributed by atoms with Crippen molar-refractivity contribution in [3.05, 3.63) is 0 Å². The third-order valence-electron chi connectivity index (χ3n) is 3.06.